The summed E-state index contributed by atoms with van der Waals surface area (Å²) in [6, 6.07) is 11.2. The zero-order valence-corrected chi connectivity index (χ0v) is 13.4. The van der Waals surface area contributed by atoms with Crippen molar-refractivity contribution in [3.05, 3.63) is 52.2 Å². The minimum Gasteiger partial charge on any atom is -0.495 e. The van der Waals surface area contributed by atoms with Crippen LogP contribution in [0.2, 0.25) is 5.02 Å². The lowest BCUT2D eigenvalue weighted by atomic mass is 10.2. The van der Waals surface area contributed by atoms with Gasteiger partial charge in [-0.05, 0) is 36.4 Å². The Morgan fingerprint density at radius 1 is 1.14 bits per heavy atom. The number of hydrogen-bond acceptors (Lipinski definition) is 4. The largest absolute Gasteiger partial charge is 0.495 e. The second-order valence-corrected chi connectivity index (χ2v) is 5.71. The maximum absolute atomic E-state index is 6.05. The molecule has 0 saturated heterocycles. The van der Waals surface area contributed by atoms with Crippen LogP contribution in [0.4, 0.5) is 11.5 Å². The number of nitrogens with zero attached hydrogens (tertiary/aromatic N) is 2. The standard InChI is InChI=1S/C15H11BrClN3O/c1-21-14-5-3-10(17)7-13(14)20-15-11-6-9(16)2-4-12(11)18-8-19-15/h2-8H,1H3,(H,18,19,20). The third-order valence-electron chi connectivity index (χ3n) is 3.01. The Bertz CT molecular complexity index is 810. The van der Waals surface area contributed by atoms with E-state index in [2.05, 4.69) is 31.2 Å². The number of fused-ring (bicyclic) bond motifs is 1. The fourth-order valence-corrected chi connectivity index (χ4v) is 2.57. The van der Waals surface area contributed by atoms with E-state index in [9.17, 15) is 0 Å². The number of ether oxygens (including phenoxy) is 1. The highest BCUT2D eigenvalue weighted by Gasteiger charge is 2.09. The number of nitrogens with one attached hydrogen (secondary N) is 1. The van der Waals surface area contributed by atoms with Crippen molar-refractivity contribution in [2.75, 3.05) is 12.4 Å². The molecule has 21 heavy (non-hydrogen) atoms. The average Bonchev–Trinajstić information content (AvgIpc) is 2.48. The number of methoxy groups -OCH3 is 1. The van der Waals surface area contributed by atoms with Gasteiger partial charge in [0.25, 0.3) is 0 Å². The fraction of sp³-hybridized carbons (Fsp3) is 0.0667. The van der Waals surface area contributed by atoms with Gasteiger partial charge in [-0.15, -0.1) is 0 Å². The number of halogens is 2. The minimum atomic E-state index is 0.623. The molecular weight excluding hydrogens is 354 g/mol. The maximum atomic E-state index is 6.05. The number of benzene rings is 2. The first-order chi connectivity index (χ1) is 10.2. The summed E-state index contributed by atoms with van der Waals surface area (Å²) in [6.45, 7) is 0. The lowest BCUT2D eigenvalue weighted by Gasteiger charge is -2.12. The molecule has 0 unspecified atom stereocenters. The SMILES string of the molecule is COc1ccc(Cl)cc1Nc1ncnc2ccc(Br)cc12. The summed E-state index contributed by atoms with van der Waals surface area (Å²) < 4.78 is 6.30. The first-order valence-electron chi connectivity index (χ1n) is 6.18. The highest BCUT2D eigenvalue weighted by Crippen LogP contribution is 2.32. The van der Waals surface area contributed by atoms with Crippen LogP contribution < -0.4 is 10.1 Å². The van der Waals surface area contributed by atoms with E-state index < -0.39 is 0 Å². The number of rotatable bonds is 3. The Morgan fingerprint density at radius 3 is 2.81 bits per heavy atom. The summed E-state index contributed by atoms with van der Waals surface area (Å²) >= 11 is 9.51. The predicted molar refractivity (Wildman–Crippen MR) is 88.5 cm³/mol. The predicted octanol–water partition coefficient (Wildman–Crippen LogP) is 4.80. The van der Waals surface area contributed by atoms with Gasteiger partial charge in [0.2, 0.25) is 0 Å². The van der Waals surface area contributed by atoms with Gasteiger partial charge in [-0.25, -0.2) is 9.97 Å². The first kappa shape index (κ1) is 14.1. The fourth-order valence-electron chi connectivity index (χ4n) is 2.03. The van der Waals surface area contributed by atoms with Crippen LogP contribution in [0.15, 0.2) is 47.2 Å². The first-order valence-corrected chi connectivity index (χ1v) is 7.35. The highest BCUT2D eigenvalue weighted by molar-refractivity contribution is 9.10. The lowest BCUT2D eigenvalue weighted by Crippen LogP contribution is -1.98. The van der Waals surface area contributed by atoms with Gasteiger partial charge in [0.1, 0.15) is 17.9 Å². The number of hydrogen-bond donors (Lipinski definition) is 1. The molecule has 0 aliphatic rings. The Hall–Kier alpha value is -1.85. The molecule has 0 saturated carbocycles. The van der Waals surface area contributed by atoms with Crippen LogP contribution >= 0.6 is 27.5 Å². The Balaban J connectivity index is 2.10. The van der Waals surface area contributed by atoms with E-state index in [-0.39, 0.29) is 0 Å². The lowest BCUT2D eigenvalue weighted by molar-refractivity contribution is 0.417. The van der Waals surface area contributed by atoms with Gasteiger partial charge >= 0.3 is 0 Å². The van der Waals surface area contributed by atoms with E-state index in [0.29, 0.717) is 16.6 Å². The van der Waals surface area contributed by atoms with Crippen molar-refractivity contribution in [3.63, 3.8) is 0 Å². The third-order valence-corrected chi connectivity index (χ3v) is 3.74. The molecule has 1 aromatic heterocycles. The average molecular weight is 365 g/mol. The Morgan fingerprint density at radius 2 is 2.00 bits per heavy atom. The molecule has 0 spiro atoms. The molecule has 6 heteroatoms. The van der Waals surface area contributed by atoms with Crippen molar-refractivity contribution >= 4 is 49.9 Å². The summed E-state index contributed by atoms with van der Waals surface area (Å²) in [5.74, 6) is 1.39. The van der Waals surface area contributed by atoms with Crippen LogP contribution in [0.1, 0.15) is 0 Å². The maximum Gasteiger partial charge on any atom is 0.142 e. The molecule has 0 bridgehead atoms. The molecule has 3 rings (SSSR count). The third kappa shape index (κ3) is 2.94. The molecule has 0 aliphatic heterocycles. The van der Waals surface area contributed by atoms with Gasteiger partial charge < -0.3 is 10.1 Å². The molecule has 106 valence electrons. The van der Waals surface area contributed by atoms with Crippen LogP contribution in [-0.4, -0.2) is 17.1 Å². The van der Waals surface area contributed by atoms with Crippen molar-refractivity contribution in [1.82, 2.24) is 9.97 Å². The van der Waals surface area contributed by atoms with E-state index in [0.717, 1.165) is 21.1 Å². The van der Waals surface area contributed by atoms with E-state index in [1.54, 1.807) is 19.2 Å². The van der Waals surface area contributed by atoms with Crippen molar-refractivity contribution in [2.24, 2.45) is 0 Å². The molecule has 1 heterocycles. The van der Waals surface area contributed by atoms with Gasteiger partial charge in [-0.3, -0.25) is 0 Å². The zero-order chi connectivity index (χ0) is 14.8. The smallest absolute Gasteiger partial charge is 0.142 e. The van der Waals surface area contributed by atoms with Crippen LogP contribution in [0.5, 0.6) is 5.75 Å². The van der Waals surface area contributed by atoms with Crippen LogP contribution in [0.25, 0.3) is 10.9 Å². The number of anilines is 2. The second kappa shape index (κ2) is 5.87. The van der Waals surface area contributed by atoms with Gasteiger partial charge in [0.15, 0.2) is 0 Å². The minimum absolute atomic E-state index is 0.623. The van der Waals surface area contributed by atoms with Crippen molar-refractivity contribution < 1.29 is 4.74 Å². The van der Waals surface area contributed by atoms with Crippen molar-refractivity contribution in [3.8, 4) is 5.75 Å². The summed E-state index contributed by atoms with van der Waals surface area (Å²) in [7, 11) is 1.61. The van der Waals surface area contributed by atoms with E-state index in [1.165, 1.54) is 6.33 Å². The summed E-state index contributed by atoms with van der Waals surface area (Å²) in [4.78, 5) is 8.56. The normalized spacial score (nSPS) is 10.6. The molecule has 1 N–H and O–H groups in total. The zero-order valence-electron chi connectivity index (χ0n) is 11.1. The Labute approximate surface area is 135 Å². The molecule has 0 radical (unpaired) electrons. The van der Waals surface area contributed by atoms with E-state index >= 15 is 0 Å². The van der Waals surface area contributed by atoms with Gasteiger partial charge in [0, 0.05) is 14.9 Å². The van der Waals surface area contributed by atoms with Crippen LogP contribution in [0, 0.1) is 0 Å². The Kier molecular flexibility index (Phi) is 3.94. The van der Waals surface area contributed by atoms with E-state index in [1.807, 2.05) is 24.3 Å². The summed E-state index contributed by atoms with van der Waals surface area (Å²) in [5, 5.41) is 4.79. The second-order valence-electron chi connectivity index (χ2n) is 4.35. The summed E-state index contributed by atoms with van der Waals surface area (Å²) in [5.41, 5.74) is 1.61. The quantitative estimate of drug-likeness (QED) is 0.725. The molecular formula is C15H11BrClN3O. The summed E-state index contributed by atoms with van der Waals surface area (Å²) in [6.07, 6.45) is 1.52. The van der Waals surface area contributed by atoms with Crippen LogP contribution in [-0.2, 0) is 0 Å². The monoisotopic (exact) mass is 363 g/mol. The molecule has 0 amide bonds. The molecule has 4 nitrogen and oxygen atoms in total. The molecule has 3 aromatic rings. The van der Waals surface area contributed by atoms with Gasteiger partial charge in [-0.2, -0.15) is 0 Å². The van der Waals surface area contributed by atoms with Gasteiger partial charge in [0.05, 0.1) is 18.3 Å². The topological polar surface area (TPSA) is 47.0 Å². The van der Waals surface area contributed by atoms with E-state index in [4.69, 9.17) is 16.3 Å². The van der Waals surface area contributed by atoms with Gasteiger partial charge in [-0.1, -0.05) is 27.5 Å². The molecule has 0 atom stereocenters. The van der Waals surface area contributed by atoms with Crippen molar-refractivity contribution in [2.45, 2.75) is 0 Å². The van der Waals surface area contributed by atoms with Crippen LogP contribution in [0.3, 0.4) is 0 Å². The molecule has 0 fully saturated rings. The molecule has 0 aliphatic carbocycles. The molecule has 2 aromatic carbocycles. The van der Waals surface area contributed by atoms with Crippen molar-refractivity contribution in [1.29, 1.82) is 0 Å². The highest BCUT2D eigenvalue weighted by atomic mass is 79.9. The number of aromatic nitrogens is 2.